The Bertz CT molecular complexity index is 915. The first kappa shape index (κ1) is 15.5. The van der Waals surface area contributed by atoms with Gasteiger partial charge < -0.3 is 14.9 Å². The van der Waals surface area contributed by atoms with Crippen LogP contribution in [0.3, 0.4) is 0 Å². The van der Waals surface area contributed by atoms with Crippen LogP contribution >= 0.6 is 0 Å². The van der Waals surface area contributed by atoms with Crippen molar-refractivity contribution in [2.24, 2.45) is 0 Å². The van der Waals surface area contributed by atoms with E-state index in [4.69, 9.17) is 4.52 Å². The minimum absolute atomic E-state index is 0.0845. The molecular weight excluding hydrogens is 308 g/mol. The highest BCUT2D eigenvalue weighted by Gasteiger charge is 2.14. The molecular formula is C18H14N2O4. The van der Waals surface area contributed by atoms with Gasteiger partial charge >= 0.3 is 0 Å². The number of anilines is 1. The molecule has 0 aliphatic heterocycles. The van der Waals surface area contributed by atoms with Crippen LogP contribution in [0.4, 0.5) is 5.69 Å². The zero-order valence-electron chi connectivity index (χ0n) is 12.8. The second-order valence-electron chi connectivity index (χ2n) is 5.22. The molecule has 0 aliphatic carbocycles. The Morgan fingerprint density at radius 2 is 1.88 bits per heavy atom. The van der Waals surface area contributed by atoms with Crippen molar-refractivity contribution in [2.75, 3.05) is 5.32 Å². The molecule has 0 spiro atoms. The third-order valence-corrected chi connectivity index (χ3v) is 3.40. The summed E-state index contributed by atoms with van der Waals surface area (Å²) in [6, 6.07) is 14.6. The number of hydrogen-bond donors (Lipinski definition) is 2. The van der Waals surface area contributed by atoms with Gasteiger partial charge in [-0.25, -0.2) is 0 Å². The van der Waals surface area contributed by atoms with E-state index in [2.05, 4.69) is 10.5 Å². The molecule has 0 bridgehead atoms. The van der Waals surface area contributed by atoms with E-state index in [1.165, 1.54) is 25.1 Å². The smallest absolute Gasteiger partial charge is 0.277 e. The SMILES string of the molecule is CC(=O)c1cccc(NC(=O)c2cc(-c3cccc(O)c3)on2)c1. The minimum atomic E-state index is -0.453. The molecule has 1 amide bonds. The Balaban J connectivity index is 1.79. The summed E-state index contributed by atoms with van der Waals surface area (Å²) in [6.45, 7) is 1.46. The molecule has 0 aliphatic rings. The molecule has 3 aromatic rings. The van der Waals surface area contributed by atoms with E-state index in [1.807, 2.05) is 0 Å². The van der Waals surface area contributed by atoms with Gasteiger partial charge in [-0.3, -0.25) is 9.59 Å². The van der Waals surface area contributed by atoms with Crippen LogP contribution in [0.2, 0.25) is 0 Å². The van der Waals surface area contributed by atoms with Gasteiger partial charge in [0.15, 0.2) is 17.2 Å². The lowest BCUT2D eigenvalue weighted by molar-refractivity contribution is 0.100. The predicted octanol–water partition coefficient (Wildman–Crippen LogP) is 3.50. The lowest BCUT2D eigenvalue weighted by Crippen LogP contribution is -2.12. The average molecular weight is 322 g/mol. The maximum atomic E-state index is 12.2. The molecule has 1 heterocycles. The average Bonchev–Trinajstić information content (AvgIpc) is 3.05. The maximum Gasteiger partial charge on any atom is 0.277 e. The van der Waals surface area contributed by atoms with E-state index in [0.29, 0.717) is 22.6 Å². The third kappa shape index (κ3) is 3.33. The molecule has 2 N–H and O–H groups in total. The van der Waals surface area contributed by atoms with Crippen LogP contribution in [-0.2, 0) is 0 Å². The van der Waals surface area contributed by atoms with Crippen molar-refractivity contribution in [1.29, 1.82) is 0 Å². The Labute approximate surface area is 137 Å². The number of ketones is 1. The van der Waals surface area contributed by atoms with Gasteiger partial charge in [0, 0.05) is 22.9 Å². The Kier molecular flexibility index (Phi) is 4.11. The summed E-state index contributed by atoms with van der Waals surface area (Å²) in [5.41, 5.74) is 1.71. The number of rotatable bonds is 4. The van der Waals surface area contributed by atoms with Crippen molar-refractivity contribution in [3.63, 3.8) is 0 Å². The number of carbonyl (C=O) groups is 2. The lowest BCUT2D eigenvalue weighted by Gasteiger charge is -2.04. The topological polar surface area (TPSA) is 92.4 Å². The van der Waals surface area contributed by atoms with Gasteiger partial charge in [0.1, 0.15) is 5.75 Å². The summed E-state index contributed by atoms with van der Waals surface area (Å²) in [7, 11) is 0. The van der Waals surface area contributed by atoms with Gasteiger partial charge in [-0.05, 0) is 31.2 Å². The van der Waals surface area contributed by atoms with Crippen molar-refractivity contribution < 1.29 is 19.2 Å². The Morgan fingerprint density at radius 3 is 2.62 bits per heavy atom. The molecule has 2 aromatic carbocycles. The van der Waals surface area contributed by atoms with E-state index in [-0.39, 0.29) is 17.2 Å². The first-order chi connectivity index (χ1) is 11.5. The van der Waals surface area contributed by atoms with Gasteiger partial charge in [-0.2, -0.15) is 0 Å². The van der Waals surface area contributed by atoms with E-state index in [1.54, 1.807) is 36.4 Å². The Hall–Kier alpha value is -3.41. The fraction of sp³-hybridized carbons (Fsp3) is 0.0556. The second kappa shape index (κ2) is 6.37. The quantitative estimate of drug-likeness (QED) is 0.717. The van der Waals surface area contributed by atoms with Crippen LogP contribution in [0.15, 0.2) is 59.1 Å². The van der Waals surface area contributed by atoms with Crippen LogP contribution in [0, 0.1) is 0 Å². The number of Topliss-reactive ketones (excluding diaryl/α,β-unsaturated/α-hetero) is 1. The molecule has 6 nitrogen and oxygen atoms in total. The number of phenols is 1. The molecule has 120 valence electrons. The number of hydrogen-bond acceptors (Lipinski definition) is 5. The first-order valence-corrected chi connectivity index (χ1v) is 7.21. The summed E-state index contributed by atoms with van der Waals surface area (Å²) >= 11 is 0. The molecule has 0 radical (unpaired) electrons. The highest BCUT2D eigenvalue weighted by Crippen LogP contribution is 2.24. The number of benzene rings is 2. The summed E-state index contributed by atoms with van der Waals surface area (Å²) in [5.74, 6) is -0.0750. The maximum absolute atomic E-state index is 12.2. The molecule has 24 heavy (non-hydrogen) atoms. The molecule has 0 atom stereocenters. The largest absolute Gasteiger partial charge is 0.508 e. The number of nitrogens with one attached hydrogen (secondary N) is 1. The van der Waals surface area contributed by atoms with Gasteiger partial charge in [-0.15, -0.1) is 0 Å². The van der Waals surface area contributed by atoms with Crippen LogP contribution in [-0.4, -0.2) is 22.0 Å². The van der Waals surface area contributed by atoms with E-state index in [0.717, 1.165) is 0 Å². The van der Waals surface area contributed by atoms with E-state index < -0.39 is 5.91 Å². The van der Waals surface area contributed by atoms with Crippen LogP contribution in [0.25, 0.3) is 11.3 Å². The monoisotopic (exact) mass is 322 g/mol. The zero-order chi connectivity index (χ0) is 17.1. The lowest BCUT2D eigenvalue weighted by atomic mass is 10.1. The van der Waals surface area contributed by atoms with Gasteiger partial charge in [0.2, 0.25) is 0 Å². The standard InChI is InChI=1S/C18H14N2O4/c1-11(21)12-4-2-6-14(8-12)19-18(23)16-10-17(24-20-16)13-5-3-7-15(22)9-13/h2-10,22H,1H3,(H,19,23). The van der Waals surface area contributed by atoms with Crippen LogP contribution in [0.1, 0.15) is 27.8 Å². The number of amides is 1. The van der Waals surface area contributed by atoms with Gasteiger partial charge in [0.25, 0.3) is 5.91 Å². The summed E-state index contributed by atoms with van der Waals surface area (Å²) in [6.07, 6.45) is 0. The minimum Gasteiger partial charge on any atom is -0.508 e. The van der Waals surface area contributed by atoms with Crippen molar-refractivity contribution in [3.05, 3.63) is 65.9 Å². The molecule has 1 aromatic heterocycles. The summed E-state index contributed by atoms with van der Waals surface area (Å²) in [5, 5.41) is 15.9. The van der Waals surface area contributed by atoms with E-state index in [9.17, 15) is 14.7 Å². The highest BCUT2D eigenvalue weighted by molar-refractivity contribution is 6.04. The molecule has 0 unspecified atom stereocenters. The molecule has 0 fully saturated rings. The van der Waals surface area contributed by atoms with Crippen molar-refractivity contribution in [3.8, 4) is 17.1 Å². The molecule has 0 saturated heterocycles. The summed E-state index contributed by atoms with van der Waals surface area (Å²) < 4.78 is 5.15. The molecule has 0 saturated carbocycles. The molecule has 6 heteroatoms. The summed E-state index contributed by atoms with van der Waals surface area (Å²) in [4.78, 5) is 23.6. The predicted molar refractivity (Wildman–Crippen MR) is 88.0 cm³/mol. The normalized spacial score (nSPS) is 10.4. The van der Waals surface area contributed by atoms with Crippen molar-refractivity contribution in [2.45, 2.75) is 6.92 Å². The number of nitrogens with zero attached hydrogens (tertiary/aromatic N) is 1. The van der Waals surface area contributed by atoms with Crippen molar-refractivity contribution >= 4 is 17.4 Å². The fourth-order valence-corrected chi connectivity index (χ4v) is 2.19. The number of aromatic nitrogens is 1. The molecule has 3 rings (SSSR count). The number of aromatic hydroxyl groups is 1. The highest BCUT2D eigenvalue weighted by atomic mass is 16.5. The van der Waals surface area contributed by atoms with Crippen molar-refractivity contribution in [1.82, 2.24) is 5.16 Å². The third-order valence-electron chi connectivity index (χ3n) is 3.40. The van der Waals surface area contributed by atoms with E-state index >= 15 is 0 Å². The first-order valence-electron chi connectivity index (χ1n) is 7.21. The second-order valence-corrected chi connectivity index (χ2v) is 5.22. The van der Waals surface area contributed by atoms with Crippen LogP contribution < -0.4 is 5.32 Å². The van der Waals surface area contributed by atoms with Gasteiger partial charge in [0.05, 0.1) is 0 Å². The Morgan fingerprint density at radius 1 is 1.08 bits per heavy atom. The van der Waals surface area contributed by atoms with Gasteiger partial charge in [-0.1, -0.05) is 29.4 Å². The number of phenolic OH excluding ortho intramolecular Hbond substituents is 1. The zero-order valence-corrected chi connectivity index (χ0v) is 12.8. The fourth-order valence-electron chi connectivity index (χ4n) is 2.19. The number of carbonyl (C=O) groups excluding carboxylic acids is 2. The van der Waals surface area contributed by atoms with Crippen LogP contribution in [0.5, 0.6) is 5.75 Å².